The molecule has 0 aromatic heterocycles. The average Bonchev–Trinajstić information content (AvgIpc) is 3.13. The highest BCUT2D eigenvalue weighted by Gasteiger charge is 2.35. The zero-order chi connectivity index (χ0) is 26.4. The van der Waals surface area contributed by atoms with Gasteiger partial charge in [0.2, 0.25) is 0 Å². The Morgan fingerprint density at radius 1 is 1.03 bits per heavy atom. The lowest BCUT2D eigenvalue weighted by Gasteiger charge is -2.15. The SMILES string of the molecule is CCOc1cc(/C=C2\SC(=O)N(Cc3ccc(Cl)cc3)C2=O)cc(Cl)c1OCC(=O)Nc1ccccc1. The van der Waals surface area contributed by atoms with Crippen LogP contribution in [0.3, 0.4) is 0 Å². The first kappa shape index (κ1) is 26.6. The van der Waals surface area contributed by atoms with Crippen LogP contribution >= 0.6 is 35.0 Å². The van der Waals surface area contributed by atoms with Gasteiger partial charge < -0.3 is 14.8 Å². The van der Waals surface area contributed by atoms with E-state index in [1.54, 1.807) is 61.5 Å². The van der Waals surface area contributed by atoms with Gasteiger partial charge in [-0.15, -0.1) is 0 Å². The summed E-state index contributed by atoms with van der Waals surface area (Å²) in [4.78, 5) is 39.2. The van der Waals surface area contributed by atoms with Gasteiger partial charge in [-0.05, 0) is 72.3 Å². The molecule has 0 unspecified atom stereocenters. The van der Waals surface area contributed by atoms with E-state index in [9.17, 15) is 14.4 Å². The van der Waals surface area contributed by atoms with Crippen LogP contribution in [0.15, 0.2) is 71.6 Å². The molecule has 3 aromatic rings. The van der Waals surface area contributed by atoms with Crippen LogP contribution in [0, 0.1) is 0 Å². The number of halogens is 2. The molecule has 1 aliphatic heterocycles. The summed E-state index contributed by atoms with van der Waals surface area (Å²) < 4.78 is 11.4. The van der Waals surface area contributed by atoms with Crippen molar-refractivity contribution in [2.45, 2.75) is 13.5 Å². The monoisotopic (exact) mass is 556 g/mol. The summed E-state index contributed by atoms with van der Waals surface area (Å²) in [6.45, 7) is 1.98. The molecule has 1 heterocycles. The summed E-state index contributed by atoms with van der Waals surface area (Å²) in [5, 5.41) is 3.14. The van der Waals surface area contributed by atoms with Crippen molar-refractivity contribution in [3.63, 3.8) is 0 Å². The molecule has 1 aliphatic rings. The number of amides is 3. The first-order valence-electron chi connectivity index (χ1n) is 11.3. The molecule has 7 nitrogen and oxygen atoms in total. The fourth-order valence-electron chi connectivity index (χ4n) is 3.49. The van der Waals surface area contributed by atoms with Crippen molar-refractivity contribution in [2.24, 2.45) is 0 Å². The Balaban J connectivity index is 1.49. The minimum Gasteiger partial charge on any atom is -0.490 e. The van der Waals surface area contributed by atoms with Crippen LogP contribution in [0.25, 0.3) is 6.08 Å². The Kier molecular flexibility index (Phi) is 8.76. The number of para-hydroxylation sites is 1. The van der Waals surface area contributed by atoms with E-state index in [1.807, 2.05) is 18.2 Å². The number of hydrogen-bond acceptors (Lipinski definition) is 6. The minimum absolute atomic E-state index is 0.141. The highest BCUT2D eigenvalue weighted by Crippen LogP contribution is 2.39. The lowest BCUT2D eigenvalue weighted by molar-refractivity contribution is -0.123. The van der Waals surface area contributed by atoms with E-state index < -0.39 is 5.91 Å². The number of benzene rings is 3. The van der Waals surface area contributed by atoms with Crippen LogP contribution < -0.4 is 14.8 Å². The molecule has 10 heteroatoms. The molecular weight excluding hydrogens is 535 g/mol. The second-order valence-corrected chi connectivity index (χ2v) is 9.70. The van der Waals surface area contributed by atoms with Crippen molar-refractivity contribution in [2.75, 3.05) is 18.5 Å². The Morgan fingerprint density at radius 2 is 1.76 bits per heavy atom. The number of carbonyl (C=O) groups excluding carboxylic acids is 3. The molecule has 37 heavy (non-hydrogen) atoms. The Hall–Kier alpha value is -3.46. The fourth-order valence-corrected chi connectivity index (χ4v) is 4.73. The van der Waals surface area contributed by atoms with E-state index in [0.29, 0.717) is 28.6 Å². The third-order valence-electron chi connectivity index (χ3n) is 5.16. The van der Waals surface area contributed by atoms with Crippen molar-refractivity contribution in [3.05, 3.63) is 92.8 Å². The largest absolute Gasteiger partial charge is 0.490 e. The number of rotatable bonds is 9. The number of hydrogen-bond donors (Lipinski definition) is 1. The van der Waals surface area contributed by atoms with Crippen LogP contribution in [0.1, 0.15) is 18.1 Å². The Labute approximate surface area is 228 Å². The van der Waals surface area contributed by atoms with Gasteiger partial charge in [-0.1, -0.05) is 53.5 Å². The first-order valence-corrected chi connectivity index (χ1v) is 12.8. The van der Waals surface area contributed by atoms with Gasteiger partial charge in [0.05, 0.1) is 23.1 Å². The summed E-state index contributed by atoms with van der Waals surface area (Å²) in [6.07, 6.45) is 1.58. The molecule has 4 rings (SSSR count). The highest BCUT2D eigenvalue weighted by atomic mass is 35.5. The van der Waals surface area contributed by atoms with E-state index in [4.69, 9.17) is 32.7 Å². The fraction of sp³-hybridized carbons (Fsp3) is 0.148. The van der Waals surface area contributed by atoms with Gasteiger partial charge in [0.1, 0.15) is 0 Å². The molecule has 1 saturated heterocycles. The maximum Gasteiger partial charge on any atom is 0.293 e. The highest BCUT2D eigenvalue weighted by molar-refractivity contribution is 8.18. The average molecular weight is 557 g/mol. The lowest BCUT2D eigenvalue weighted by Crippen LogP contribution is -2.27. The lowest BCUT2D eigenvalue weighted by atomic mass is 10.1. The van der Waals surface area contributed by atoms with E-state index in [0.717, 1.165) is 17.3 Å². The maximum atomic E-state index is 12.9. The van der Waals surface area contributed by atoms with Gasteiger partial charge in [-0.3, -0.25) is 19.3 Å². The topological polar surface area (TPSA) is 84.9 Å². The number of ether oxygens (including phenoxy) is 2. The van der Waals surface area contributed by atoms with Gasteiger partial charge in [0.15, 0.2) is 18.1 Å². The summed E-state index contributed by atoms with van der Waals surface area (Å²) in [5.74, 6) is -0.242. The molecule has 0 bridgehead atoms. The van der Waals surface area contributed by atoms with Crippen LogP contribution in [-0.2, 0) is 16.1 Å². The van der Waals surface area contributed by atoms with Crippen molar-refractivity contribution in [3.8, 4) is 11.5 Å². The minimum atomic E-state index is -0.406. The summed E-state index contributed by atoms with van der Waals surface area (Å²) >= 11 is 13.2. The molecule has 1 fully saturated rings. The second-order valence-electron chi connectivity index (χ2n) is 7.86. The van der Waals surface area contributed by atoms with Gasteiger partial charge in [-0.2, -0.15) is 0 Å². The van der Waals surface area contributed by atoms with Crippen LogP contribution in [0.5, 0.6) is 11.5 Å². The molecule has 3 amide bonds. The van der Waals surface area contributed by atoms with E-state index in [2.05, 4.69) is 5.32 Å². The number of carbonyl (C=O) groups is 3. The molecular formula is C27H22Cl2N2O5S. The molecule has 0 saturated carbocycles. The van der Waals surface area contributed by atoms with Crippen LogP contribution in [0.4, 0.5) is 10.5 Å². The molecule has 0 spiro atoms. The predicted molar refractivity (Wildman–Crippen MR) is 146 cm³/mol. The van der Waals surface area contributed by atoms with Crippen molar-refractivity contribution in [1.29, 1.82) is 0 Å². The molecule has 190 valence electrons. The number of anilines is 1. The summed E-state index contributed by atoms with van der Waals surface area (Å²) in [6, 6.07) is 19.2. The van der Waals surface area contributed by atoms with Crippen molar-refractivity contribution in [1.82, 2.24) is 4.90 Å². The van der Waals surface area contributed by atoms with Crippen molar-refractivity contribution >= 4 is 63.8 Å². The molecule has 3 aromatic carbocycles. The quantitative estimate of drug-likeness (QED) is 0.297. The Morgan fingerprint density at radius 3 is 2.46 bits per heavy atom. The van der Waals surface area contributed by atoms with Gasteiger partial charge >= 0.3 is 0 Å². The number of nitrogens with zero attached hydrogens (tertiary/aromatic N) is 1. The number of imide groups is 1. The van der Waals surface area contributed by atoms with Crippen LogP contribution in [-0.4, -0.2) is 35.2 Å². The molecule has 1 N–H and O–H groups in total. The standard InChI is InChI=1S/C27H22Cl2N2O5S/c1-2-35-22-13-18(12-21(29)25(22)36-16-24(32)30-20-6-4-3-5-7-20)14-23-26(33)31(27(34)37-23)15-17-8-10-19(28)11-9-17/h3-14H,2,15-16H2,1H3,(H,30,32)/b23-14-. The summed E-state index contributed by atoms with van der Waals surface area (Å²) in [5.41, 5.74) is 1.98. The first-order chi connectivity index (χ1) is 17.8. The third kappa shape index (κ3) is 6.85. The van der Waals surface area contributed by atoms with E-state index >= 15 is 0 Å². The number of nitrogens with one attached hydrogen (secondary N) is 1. The zero-order valence-electron chi connectivity index (χ0n) is 19.7. The van der Waals surface area contributed by atoms with Crippen LogP contribution in [0.2, 0.25) is 10.0 Å². The Bertz CT molecular complexity index is 1350. The van der Waals surface area contributed by atoms with Crippen molar-refractivity contribution < 1.29 is 23.9 Å². The normalized spacial score (nSPS) is 14.2. The smallest absolute Gasteiger partial charge is 0.293 e. The van der Waals surface area contributed by atoms with E-state index in [-0.39, 0.29) is 40.0 Å². The van der Waals surface area contributed by atoms with Gasteiger partial charge in [0, 0.05) is 10.7 Å². The number of thioether (sulfide) groups is 1. The van der Waals surface area contributed by atoms with E-state index in [1.165, 1.54) is 4.90 Å². The maximum absolute atomic E-state index is 12.9. The zero-order valence-corrected chi connectivity index (χ0v) is 22.0. The second kappa shape index (κ2) is 12.2. The van der Waals surface area contributed by atoms with Gasteiger partial charge in [-0.25, -0.2) is 0 Å². The third-order valence-corrected chi connectivity index (χ3v) is 6.60. The molecule has 0 radical (unpaired) electrons. The summed E-state index contributed by atoms with van der Waals surface area (Å²) in [7, 11) is 0. The molecule has 0 aliphatic carbocycles. The predicted octanol–water partition coefficient (Wildman–Crippen LogP) is 6.65. The van der Waals surface area contributed by atoms with Gasteiger partial charge in [0.25, 0.3) is 17.1 Å². The molecule has 0 atom stereocenters.